The van der Waals surface area contributed by atoms with Crippen LogP contribution in [0.5, 0.6) is 5.75 Å². The van der Waals surface area contributed by atoms with Crippen LogP contribution in [0, 0.1) is 20.8 Å². The molecular weight excluding hydrogens is 333 g/mol. The minimum atomic E-state index is -0.703. The predicted molar refractivity (Wildman–Crippen MR) is 95.8 cm³/mol. The molecule has 0 aliphatic rings. The van der Waals surface area contributed by atoms with E-state index in [9.17, 15) is 4.79 Å². The molecule has 0 saturated heterocycles. The zero-order valence-electron chi connectivity index (χ0n) is 13.5. The molecule has 0 heterocycles. The summed E-state index contributed by atoms with van der Waals surface area (Å²) in [4.78, 5) is 12.4. The van der Waals surface area contributed by atoms with Crippen LogP contribution in [0.2, 0.25) is 10.0 Å². The first-order valence-electron chi connectivity index (χ1n) is 7.29. The van der Waals surface area contributed by atoms with Crippen LogP contribution in [-0.2, 0) is 4.79 Å². The van der Waals surface area contributed by atoms with Gasteiger partial charge in [-0.05, 0) is 51.0 Å². The Balaban J connectivity index is 2.13. The van der Waals surface area contributed by atoms with Crippen molar-refractivity contribution in [3.8, 4) is 5.75 Å². The zero-order chi connectivity index (χ0) is 17.1. The molecule has 122 valence electrons. The SMILES string of the molecule is Cc1cc(C)c(NC(=O)[C@H](C)Oc2cccc(Cl)c2Cl)c(C)c1. The van der Waals surface area contributed by atoms with Crippen molar-refractivity contribution >= 4 is 34.8 Å². The molecule has 0 aliphatic heterocycles. The standard InChI is InChI=1S/C18H19Cl2NO2/c1-10-8-11(2)17(12(3)9-10)21-18(22)13(4)23-15-7-5-6-14(19)16(15)20/h5-9,13H,1-4H3,(H,21,22)/t13-/m0/s1. The second kappa shape index (κ2) is 7.24. The van der Waals surface area contributed by atoms with Gasteiger partial charge in [0.1, 0.15) is 10.8 Å². The Morgan fingerprint density at radius 2 is 1.74 bits per heavy atom. The highest BCUT2D eigenvalue weighted by Crippen LogP contribution is 2.32. The van der Waals surface area contributed by atoms with Gasteiger partial charge in [0.2, 0.25) is 0 Å². The van der Waals surface area contributed by atoms with Gasteiger partial charge in [0.25, 0.3) is 5.91 Å². The molecule has 1 amide bonds. The van der Waals surface area contributed by atoms with Gasteiger partial charge in [-0.25, -0.2) is 0 Å². The Bertz CT molecular complexity index is 721. The highest BCUT2D eigenvalue weighted by Gasteiger charge is 2.18. The van der Waals surface area contributed by atoms with E-state index in [-0.39, 0.29) is 5.91 Å². The Hall–Kier alpha value is -1.71. The first kappa shape index (κ1) is 17.6. The summed E-state index contributed by atoms with van der Waals surface area (Å²) in [5.41, 5.74) is 4.01. The third-order valence-electron chi connectivity index (χ3n) is 3.51. The highest BCUT2D eigenvalue weighted by atomic mass is 35.5. The molecule has 1 atom stereocenters. The van der Waals surface area contributed by atoms with E-state index in [1.54, 1.807) is 25.1 Å². The van der Waals surface area contributed by atoms with Gasteiger partial charge in [0, 0.05) is 5.69 Å². The summed E-state index contributed by atoms with van der Waals surface area (Å²) in [6.45, 7) is 7.63. The minimum Gasteiger partial charge on any atom is -0.479 e. The van der Waals surface area contributed by atoms with Crippen LogP contribution in [0.3, 0.4) is 0 Å². The van der Waals surface area contributed by atoms with E-state index >= 15 is 0 Å². The molecule has 0 radical (unpaired) electrons. The van der Waals surface area contributed by atoms with Gasteiger partial charge < -0.3 is 10.1 Å². The predicted octanol–water partition coefficient (Wildman–Crippen LogP) is 5.32. The van der Waals surface area contributed by atoms with Crippen LogP contribution in [0.4, 0.5) is 5.69 Å². The summed E-state index contributed by atoms with van der Waals surface area (Å²) in [5, 5.41) is 3.61. The number of carbonyl (C=O) groups is 1. The van der Waals surface area contributed by atoms with Gasteiger partial charge >= 0.3 is 0 Å². The molecule has 0 saturated carbocycles. The molecule has 3 nitrogen and oxygen atoms in total. The number of ether oxygens (including phenoxy) is 1. The first-order chi connectivity index (χ1) is 10.8. The third-order valence-corrected chi connectivity index (χ3v) is 4.32. The lowest BCUT2D eigenvalue weighted by Crippen LogP contribution is -2.30. The average Bonchev–Trinajstić information content (AvgIpc) is 2.47. The van der Waals surface area contributed by atoms with Crippen LogP contribution in [-0.4, -0.2) is 12.0 Å². The van der Waals surface area contributed by atoms with E-state index in [2.05, 4.69) is 5.32 Å². The Morgan fingerprint density at radius 1 is 1.13 bits per heavy atom. The molecule has 23 heavy (non-hydrogen) atoms. The number of hydrogen-bond donors (Lipinski definition) is 1. The molecule has 2 aromatic rings. The van der Waals surface area contributed by atoms with Gasteiger partial charge in [-0.2, -0.15) is 0 Å². The number of halogens is 2. The topological polar surface area (TPSA) is 38.3 Å². The van der Waals surface area contributed by atoms with E-state index in [4.69, 9.17) is 27.9 Å². The van der Waals surface area contributed by atoms with E-state index in [0.29, 0.717) is 15.8 Å². The van der Waals surface area contributed by atoms with Crippen LogP contribution < -0.4 is 10.1 Å². The number of rotatable bonds is 4. The van der Waals surface area contributed by atoms with Crippen molar-refractivity contribution in [2.75, 3.05) is 5.32 Å². The van der Waals surface area contributed by atoms with Crippen molar-refractivity contribution in [2.45, 2.75) is 33.8 Å². The Labute approximate surface area is 146 Å². The molecule has 2 rings (SSSR count). The maximum atomic E-state index is 12.4. The molecule has 0 aromatic heterocycles. The van der Waals surface area contributed by atoms with Crippen LogP contribution in [0.1, 0.15) is 23.6 Å². The average molecular weight is 352 g/mol. The maximum absolute atomic E-state index is 12.4. The first-order valence-corrected chi connectivity index (χ1v) is 8.04. The largest absolute Gasteiger partial charge is 0.479 e. The molecule has 0 fully saturated rings. The minimum absolute atomic E-state index is 0.240. The molecule has 0 aliphatic carbocycles. The number of amides is 1. The van der Waals surface area contributed by atoms with Crippen LogP contribution in [0.25, 0.3) is 0 Å². The fourth-order valence-electron chi connectivity index (χ4n) is 2.42. The number of benzene rings is 2. The monoisotopic (exact) mass is 351 g/mol. The fraction of sp³-hybridized carbons (Fsp3) is 0.278. The number of anilines is 1. The number of aryl methyl sites for hydroxylation is 3. The molecule has 0 bridgehead atoms. The van der Waals surface area contributed by atoms with Crippen molar-refractivity contribution in [3.05, 3.63) is 57.1 Å². The maximum Gasteiger partial charge on any atom is 0.265 e. The lowest BCUT2D eigenvalue weighted by molar-refractivity contribution is -0.122. The Morgan fingerprint density at radius 3 is 2.35 bits per heavy atom. The third kappa shape index (κ3) is 4.18. The zero-order valence-corrected chi connectivity index (χ0v) is 15.0. The smallest absolute Gasteiger partial charge is 0.265 e. The van der Waals surface area contributed by atoms with E-state index in [1.165, 1.54) is 0 Å². The quantitative estimate of drug-likeness (QED) is 0.808. The summed E-state index contributed by atoms with van der Waals surface area (Å²) in [7, 11) is 0. The van der Waals surface area contributed by atoms with Crippen molar-refractivity contribution in [3.63, 3.8) is 0 Å². The van der Waals surface area contributed by atoms with Crippen molar-refractivity contribution in [2.24, 2.45) is 0 Å². The summed E-state index contributed by atoms with van der Waals surface area (Å²) >= 11 is 12.0. The number of nitrogens with one attached hydrogen (secondary N) is 1. The van der Waals surface area contributed by atoms with Crippen molar-refractivity contribution in [1.82, 2.24) is 0 Å². The van der Waals surface area contributed by atoms with Gasteiger partial charge in [-0.3, -0.25) is 4.79 Å². The van der Waals surface area contributed by atoms with Crippen LogP contribution in [0.15, 0.2) is 30.3 Å². The fourth-order valence-corrected chi connectivity index (χ4v) is 2.76. The summed E-state index contributed by atoms with van der Waals surface area (Å²) in [6, 6.07) is 9.13. The molecule has 1 N–H and O–H groups in total. The second-order valence-corrected chi connectivity index (χ2v) is 6.36. The molecular formula is C18H19Cl2NO2. The van der Waals surface area contributed by atoms with Crippen molar-refractivity contribution in [1.29, 1.82) is 0 Å². The van der Waals surface area contributed by atoms with Gasteiger partial charge in [-0.15, -0.1) is 0 Å². The van der Waals surface area contributed by atoms with E-state index < -0.39 is 6.10 Å². The normalized spacial score (nSPS) is 11.9. The number of hydrogen-bond acceptors (Lipinski definition) is 2. The van der Waals surface area contributed by atoms with E-state index in [0.717, 1.165) is 22.4 Å². The van der Waals surface area contributed by atoms with Gasteiger partial charge in [-0.1, -0.05) is 47.0 Å². The number of carbonyl (C=O) groups excluding carboxylic acids is 1. The lowest BCUT2D eigenvalue weighted by atomic mass is 10.0. The molecule has 5 heteroatoms. The molecule has 0 unspecified atom stereocenters. The lowest BCUT2D eigenvalue weighted by Gasteiger charge is -2.18. The second-order valence-electron chi connectivity index (χ2n) is 5.58. The van der Waals surface area contributed by atoms with Gasteiger partial charge in [0.15, 0.2) is 6.10 Å². The summed E-state index contributed by atoms with van der Waals surface area (Å²) < 4.78 is 5.63. The summed E-state index contributed by atoms with van der Waals surface area (Å²) in [6.07, 6.45) is -0.703. The summed E-state index contributed by atoms with van der Waals surface area (Å²) in [5.74, 6) is 0.148. The molecule has 0 spiro atoms. The Kier molecular flexibility index (Phi) is 5.55. The van der Waals surface area contributed by atoms with E-state index in [1.807, 2.05) is 32.9 Å². The van der Waals surface area contributed by atoms with Crippen LogP contribution >= 0.6 is 23.2 Å². The van der Waals surface area contributed by atoms with Gasteiger partial charge in [0.05, 0.1) is 5.02 Å². The van der Waals surface area contributed by atoms with Crippen molar-refractivity contribution < 1.29 is 9.53 Å². The molecule has 2 aromatic carbocycles. The highest BCUT2D eigenvalue weighted by molar-refractivity contribution is 6.42.